The molecule has 0 aromatic heterocycles. The van der Waals surface area contributed by atoms with Crippen LogP contribution >= 0.6 is 8.03 Å². The van der Waals surface area contributed by atoms with Crippen LogP contribution in [0.25, 0.3) is 0 Å². The highest BCUT2D eigenvalue weighted by Crippen LogP contribution is 2.26. The fourth-order valence-electron chi connectivity index (χ4n) is 1.95. The van der Waals surface area contributed by atoms with E-state index in [9.17, 15) is 9.36 Å². The maximum Gasteiger partial charge on any atom is 0.589 e. The summed E-state index contributed by atoms with van der Waals surface area (Å²) in [5.41, 5.74) is 0.562. The largest absolute Gasteiger partial charge is 0.589 e. The van der Waals surface area contributed by atoms with E-state index in [1.165, 1.54) is 0 Å². The molecule has 110 valence electrons. The first-order valence-corrected chi connectivity index (χ1v) is 8.02. The number of nitrogens with zero attached hydrogens (tertiary/aromatic N) is 1. The Bertz CT molecular complexity index is 438. The van der Waals surface area contributed by atoms with Crippen molar-refractivity contribution in [3.63, 3.8) is 0 Å². The van der Waals surface area contributed by atoms with Gasteiger partial charge in [-0.2, -0.15) is 0 Å². The van der Waals surface area contributed by atoms with E-state index in [4.69, 9.17) is 4.52 Å². The molecule has 0 bridgehead atoms. The lowest BCUT2D eigenvalue weighted by molar-refractivity contribution is -0.114. The lowest BCUT2D eigenvalue weighted by Gasteiger charge is -2.27. The van der Waals surface area contributed by atoms with Crippen molar-refractivity contribution in [3.8, 4) is 0 Å². The predicted molar refractivity (Wildman–Crippen MR) is 80.8 cm³/mol. The third kappa shape index (κ3) is 5.49. The maximum atomic E-state index is 11.9. The Kier molecular flexibility index (Phi) is 7.00. The third-order valence-electron chi connectivity index (χ3n) is 3.04. The van der Waals surface area contributed by atoms with Crippen LogP contribution in [-0.4, -0.2) is 29.1 Å². The van der Waals surface area contributed by atoms with E-state index in [1.807, 2.05) is 62.9 Å². The third-order valence-corrected chi connectivity index (χ3v) is 3.95. The summed E-state index contributed by atoms with van der Waals surface area (Å²) in [5.74, 6) is 0. The lowest BCUT2D eigenvalue weighted by Crippen LogP contribution is -2.40. The maximum absolute atomic E-state index is 11.9. The van der Waals surface area contributed by atoms with Crippen LogP contribution in [0.5, 0.6) is 0 Å². The molecule has 1 atom stereocenters. The summed E-state index contributed by atoms with van der Waals surface area (Å²) in [6, 6.07) is 9.88. The van der Waals surface area contributed by atoms with Gasteiger partial charge in [-0.25, -0.2) is 4.79 Å². The second-order valence-corrected chi connectivity index (χ2v) is 6.54. The number of carbonyl (C=O) groups is 1. The van der Waals surface area contributed by atoms with Crippen LogP contribution in [-0.2, 0) is 20.5 Å². The van der Waals surface area contributed by atoms with E-state index in [1.54, 1.807) is 0 Å². The molecule has 0 amide bonds. The molecule has 0 N–H and O–H groups in total. The second kappa shape index (κ2) is 8.25. The van der Waals surface area contributed by atoms with E-state index >= 15 is 0 Å². The average Bonchev–Trinajstić information content (AvgIpc) is 2.42. The van der Waals surface area contributed by atoms with Crippen LogP contribution in [0.15, 0.2) is 30.3 Å². The van der Waals surface area contributed by atoms with Crippen molar-refractivity contribution in [2.24, 2.45) is 0 Å². The molecule has 1 aromatic carbocycles. The molecule has 0 heterocycles. The van der Waals surface area contributed by atoms with Crippen LogP contribution in [0.1, 0.15) is 33.3 Å². The van der Waals surface area contributed by atoms with Gasteiger partial charge in [0.05, 0.1) is 0 Å². The molecule has 4 nitrogen and oxygen atoms in total. The summed E-state index contributed by atoms with van der Waals surface area (Å²) in [5, 5.41) is 0. The lowest BCUT2D eigenvalue weighted by atomic mass is 10.2. The Morgan fingerprint density at radius 2 is 1.70 bits per heavy atom. The van der Waals surface area contributed by atoms with Gasteiger partial charge in [0.25, 0.3) is 0 Å². The molecule has 20 heavy (non-hydrogen) atoms. The zero-order chi connectivity index (χ0) is 15.1. The highest BCUT2D eigenvalue weighted by atomic mass is 31.1. The predicted octanol–water partition coefficient (Wildman–Crippen LogP) is 3.59. The topological polar surface area (TPSA) is 46.6 Å². The number of hydrogen-bond donors (Lipinski definition) is 0. The minimum Gasteiger partial charge on any atom is -0.287 e. The molecule has 0 aliphatic carbocycles. The van der Waals surface area contributed by atoms with Crippen molar-refractivity contribution in [2.45, 2.75) is 46.4 Å². The van der Waals surface area contributed by atoms with Crippen molar-refractivity contribution in [1.82, 2.24) is 4.90 Å². The van der Waals surface area contributed by atoms with Crippen molar-refractivity contribution >= 4 is 13.6 Å². The molecule has 1 unspecified atom stereocenters. The number of carbonyl (C=O) groups excluding carboxylic acids is 1. The molecule has 1 rings (SSSR count). The van der Waals surface area contributed by atoms with Gasteiger partial charge in [0.2, 0.25) is 0 Å². The summed E-state index contributed by atoms with van der Waals surface area (Å²) in [6.45, 7) is 8.44. The van der Waals surface area contributed by atoms with Crippen molar-refractivity contribution in [2.75, 3.05) is 6.54 Å². The van der Waals surface area contributed by atoms with E-state index in [-0.39, 0.29) is 30.8 Å². The van der Waals surface area contributed by atoms with Gasteiger partial charge in [0.1, 0.15) is 13.2 Å². The molecule has 0 saturated heterocycles. The molecule has 0 aliphatic heterocycles. The van der Waals surface area contributed by atoms with Crippen LogP contribution in [0, 0.1) is 0 Å². The fraction of sp³-hybridized carbons (Fsp3) is 0.533. The second-order valence-electron chi connectivity index (χ2n) is 5.27. The van der Waals surface area contributed by atoms with Crippen LogP contribution in [0.3, 0.4) is 0 Å². The van der Waals surface area contributed by atoms with Crippen LogP contribution in [0.4, 0.5) is 0 Å². The molecule has 1 aromatic rings. The number of benzene rings is 1. The minimum absolute atomic E-state index is 0.166. The molecule has 0 saturated carbocycles. The van der Waals surface area contributed by atoms with Crippen molar-refractivity contribution < 1.29 is 13.9 Å². The summed E-state index contributed by atoms with van der Waals surface area (Å²) < 4.78 is 17.0. The Balaban J connectivity index is 2.49. The highest BCUT2D eigenvalue weighted by molar-refractivity contribution is 7.59. The zero-order valence-corrected chi connectivity index (χ0v) is 13.5. The average molecular weight is 296 g/mol. The quantitative estimate of drug-likeness (QED) is 0.688. The SMILES string of the molecule is CC(C)N(CC(=O)[P+](=O)OCc1ccccc1)C(C)C. The van der Waals surface area contributed by atoms with Crippen molar-refractivity contribution in [3.05, 3.63) is 35.9 Å². The standard InChI is InChI=1S/C15H23NO3P/c1-12(2)16(13(3)4)10-15(17)20(18)19-11-14-8-6-5-7-9-14/h5-9,12-13H,10-11H2,1-4H3/q+1. The Morgan fingerprint density at radius 1 is 1.15 bits per heavy atom. The first-order valence-electron chi connectivity index (χ1n) is 6.84. The van der Waals surface area contributed by atoms with Gasteiger partial charge in [-0.1, -0.05) is 30.3 Å². The monoisotopic (exact) mass is 296 g/mol. The Morgan fingerprint density at radius 3 is 2.20 bits per heavy atom. The van der Waals surface area contributed by atoms with Gasteiger partial charge in [-0.05, 0) is 37.8 Å². The van der Waals surface area contributed by atoms with Gasteiger partial charge in [0.15, 0.2) is 0 Å². The molecular weight excluding hydrogens is 273 g/mol. The van der Waals surface area contributed by atoms with E-state index in [2.05, 4.69) is 0 Å². The summed E-state index contributed by atoms with van der Waals surface area (Å²) in [7, 11) is -2.28. The number of rotatable bonds is 8. The zero-order valence-electron chi connectivity index (χ0n) is 12.6. The van der Waals surface area contributed by atoms with Gasteiger partial charge in [-0.3, -0.25) is 4.90 Å². The molecule has 5 heteroatoms. The fourth-order valence-corrected chi connectivity index (χ4v) is 2.64. The van der Waals surface area contributed by atoms with E-state index in [0.717, 1.165) is 5.56 Å². The summed E-state index contributed by atoms with van der Waals surface area (Å²) in [6.07, 6.45) is 0. The highest BCUT2D eigenvalue weighted by Gasteiger charge is 2.34. The molecule has 0 aliphatic rings. The molecule has 0 fully saturated rings. The first-order chi connectivity index (χ1) is 9.41. The summed E-state index contributed by atoms with van der Waals surface area (Å²) in [4.78, 5) is 13.9. The molecule has 0 spiro atoms. The van der Waals surface area contributed by atoms with Crippen molar-refractivity contribution in [1.29, 1.82) is 0 Å². The molecular formula is C15H23NO3P+. The smallest absolute Gasteiger partial charge is 0.287 e. The number of hydrogen-bond acceptors (Lipinski definition) is 4. The van der Waals surface area contributed by atoms with Crippen LogP contribution in [0.2, 0.25) is 0 Å². The van der Waals surface area contributed by atoms with Gasteiger partial charge in [-0.15, -0.1) is 4.52 Å². The summed E-state index contributed by atoms with van der Waals surface area (Å²) >= 11 is 0. The van der Waals surface area contributed by atoms with E-state index in [0.29, 0.717) is 0 Å². The Labute approximate surface area is 122 Å². The van der Waals surface area contributed by atoms with E-state index < -0.39 is 8.03 Å². The molecule has 0 radical (unpaired) electrons. The Hall–Kier alpha value is -1.09. The first kappa shape index (κ1) is 17.0. The van der Waals surface area contributed by atoms with Gasteiger partial charge in [0, 0.05) is 12.1 Å². The van der Waals surface area contributed by atoms with Crippen LogP contribution < -0.4 is 0 Å². The minimum atomic E-state index is -2.28. The normalized spacial score (nSPS) is 12.2. The van der Waals surface area contributed by atoms with Gasteiger partial charge >= 0.3 is 13.6 Å². The van der Waals surface area contributed by atoms with Gasteiger partial charge < -0.3 is 0 Å².